The van der Waals surface area contributed by atoms with Crippen molar-refractivity contribution in [3.63, 3.8) is 0 Å². The third kappa shape index (κ3) is 2.33. The van der Waals surface area contributed by atoms with Gasteiger partial charge < -0.3 is 9.47 Å². The highest BCUT2D eigenvalue weighted by Crippen LogP contribution is 2.38. The zero-order valence-electron chi connectivity index (χ0n) is 11.7. The minimum absolute atomic E-state index is 0.0183. The molecule has 3 fully saturated rings. The molecule has 0 aromatic heterocycles. The average Bonchev–Trinajstić information content (AvgIpc) is 2.88. The zero-order chi connectivity index (χ0) is 12.4. The largest absolute Gasteiger partial charge is 0.378 e. The standard InChI is InChI=1S/C15H27NO2/c1-17-14-8-10-16(13-6-3-2-4-7-13)12-15(14)9-5-11-18-15/h13-14H,2-12H2,1H3/t14-,15-/m0/s1. The Morgan fingerprint density at radius 2 is 1.94 bits per heavy atom. The molecule has 0 radical (unpaired) electrons. The molecule has 3 aliphatic rings. The molecule has 0 aromatic carbocycles. The molecule has 3 nitrogen and oxygen atoms in total. The van der Waals surface area contributed by atoms with E-state index in [9.17, 15) is 0 Å². The second-order valence-electron chi connectivity index (χ2n) is 6.29. The fourth-order valence-electron chi connectivity index (χ4n) is 4.26. The van der Waals surface area contributed by atoms with Crippen molar-refractivity contribution >= 4 is 0 Å². The molecule has 3 rings (SSSR count). The van der Waals surface area contributed by atoms with Crippen LogP contribution < -0.4 is 0 Å². The van der Waals surface area contributed by atoms with Gasteiger partial charge in [0.1, 0.15) is 5.60 Å². The quantitative estimate of drug-likeness (QED) is 0.755. The van der Waals surface area contributed by atoms with E-state index in [1.807, 2.05) is 7.11 Å². The molecule has 0 unspecified atom stereocenters. The van der Waals surface area contributed by atoms with Gasteiger partial charge in [0, 0.05) is 32.8 Å². The van der Waals surface area contributed by atoms with E-state index in [1.165, 1.54) is 51.5 Å². The summed E-state index contributed by atoms with van der Waals surface area (Å²) in [5, 5.41) is 0. The molecule has 3 heteroatoms. The number of nitrogens with zero attached hydrogens (tertiary/aromatic N) is 1. The summed E-state index contributed by atoms with van der Waals surface area (Å²) < 4.78 is 11.9. The normalized spacial score (nSPS) is 39.5. The van der Waals surface area contributed by atoms with Gasteiger partial charge in [-0.2, -0.15) is 0 Å². The fraction of sp³-hybridized carbons (Fsp3) is 1.00. The van der Waals surface area contributed by atoms with E-state index in [1.54, 1.807) is 0 Å². The monoisotopic (exact) mass is 253 g/mol. The molecule has 2 atom stereocenters. The summed E-state index contributed by atoms with van der Waals surface area (Å²) in [4.78, 5) is 2.71. The first-order chi connectivity index (χ1) is 8.84. The maximum Gasteiger partial charge on any atom is 0.107 e. The second-order valence-corrected chi connectivity index (χ2v) is 6.29. The van der Waals surface area contributed by atoms with Crippen LogP contribution in [0.15, 0.2) is 0 Å². The van der Waals surface area contributed by atoms with Crippen molar-refractivity contribution in [2.45, 2.75) is 69.1 Å². The highest BCUT2D eigenvalue weighted by molar-refractivity contribution is 5.00. The van der Waals surface area contributed by atoms with Crippen molar-refractivity contribution in [2.24, 2.45) is 0 Å². The molecule has 1 spiro atoms. The van der Waals surface area contributed by atoms with Crippen molar-refractivity contribution in [3.8, 4) is 0 Å². The minimum Gasteiger partial charge on any atom is -0.378 e. The van der Waals surface area contributed by atoms with Gasteiger partial charge in [-0.3, -0.25) is 4.90 Å². The molecule has 0 N–H and O–H groups in total. The molecule has 2 saturated heterocycles. The van der Waals surface area contributed by atoms with Gasteiger partial charge >= 0.3 is 0 Å². The number of hydrogen-bond acceptors (Lipinski definition) is 3. The van der Waals surface area contributed by atoms with Crippen molar-refractivity contribution in [3.05, 3.63) is 0 Å². The van der Waals surface area contributed by atoms with Crippen LogP contribution in [-0.4, -0.2) is 49.5 Å². The molecule has 1 saturated carbocycles. The number of rotatable bonds is 2. The highest BCUT2D eigenvalue weighted by atomic mass is 16.5. The maximum atomic E-state index is 6.14. The first-order valence-electron chi connectivity index (χ1n) is 7.75. The Morgan fingerprint density at radius 1 is 1.11 bits per heavy atom. The van der Waals surface area contributed by atoms with Crippen molar-refractivity contribution in [2.75, 3.05) is 26.8 Å². The summed E-state index contributed by atoms with van der Waals surface area (Å²) in [6.07, 6.45) is 10.9. The van der Waals surface area contributed by atoms with Gasteiger partial charge in [-0.25, -0.2) is 0 Å². The summed E-state index contributed by atoms with van der Waals surface area (Å²) in [5.74, 6) is 0. The lowest BCUT2D eigenvalue weighted by atomic mass is 9.84. The Morgan fingerprint density at radius 3 is 2.61 bits per heavy atom. The van der Waals surface area contributed by atoms with Crippen LogP contribution in [0.3, 0.4) is 0 Å². The number of ether oxygens (including phenoxy) is 2. The topological polar surface area (TPSA) is 21.7 Å². The summed E-state index contributed by atoms with van der Waals surface area (Å²) in [6.45, 7) is 3.24. The average molecular weight is 253 g/mol. The van der Waals surface area contributed by atoms with Crippen LogP contribution in [0.4, 0.5) is 0 Å². The summed E-state index contributed by atoms with van der Waals surface area (Å²) in [6, 6.07) is 0.817. The van der Waals surface area contributed by atoms with Crippen LogP contribution in [0.5, 0.6) is 0 Å². The van der Waals surface area contributed by atoms with Gasteiger partial charge in [0.25, 0.3) is 0 Å². The Hall–Kier alpha value is -0.120. The molecule has 0 aromatic rings. The lowest BCUT2D eigenvalue weighted by Crippen LogP contribution is -2.59. The molecule has 0 amide bonds. The summed E-state index contributed by atoms with van der Waals surface area (Å²) in [5.41, 5.74) is 0.0183. The lowest BCUT2D eigenvalue weighted by molar-refractivity contribution is -0.151. The predicted octanol–water partition coefficient (Wildman–Crippen LogP) is 2.59. The van der Waals surface area contributed by atoms with Gasteiger partial charge in [0.2, 0.25) is 0 Å². The fourth-order valence-corrected chi connectivity index (χ4v) is 4.26. The Kier molecular flexibility index (Phi) is 3.92. The van der Waals surface area contributed by atoms with Crippen LogP contribution in [0.2, 0.25) is 0 Å². The molecular formula is C15H27NO2. The molecule has 2 aliphatic heterocycles. The Bertz CT molecular complexity index is 270. The second kappa shape index (κ2) is 5.48. The Balaban J connectivity index is 1.68. The third-order valence-corrected chi connectivity index (χ3v) is 5.25. The first kappa shape index (κ1) is 12.9. The van der Waals surface area contributed by atoms with Gasteiger partial charge in [-0.05, 0) is 32.1 Å². The molecular weight excluding hydrogens is 226 g/mol. The van der Waals surface area contributed by atoms with E-state index in [-0.39, 0.29) is 5.60 Å². The number of methoxy groups -OCH3 is 1. The Labute approximate surface area is 111 Å². The summed E-state index contributed by atoms with van der Waals surface area (Å²) >= 11 is 0. The number of piperidine rings is 1. The third-order valence-electron chi connectivity index (χ3n) is 5.25. The maximum absolute atomic E-state index is 6.14. The van der Waals surface area contributed by atoms with E-state index in [0.29, 0.717) is 6.10 Å². The van der Waals surface area contributed by atoms with E-state index in [4.69, 9.17) is 9.47 Å². The van der Waals surface area contributed by atoms with Crippen LogP contribution >= 0.6 is 0 Å². The van der Waals surface area contributed by atoms with Crippen LogP contribution in [0.25, 0.3) is 0 Å². The minimum atomic E-state index is 0.0183. The zero-order valence-corrected chi connectivity index (χ0v) is 11.7. The molecule has 104 valence electrons. The molecule has 1 aliphatic carbocycles. The SMILES string of the molecule is CO[C@H]1CCN(C2CCCCC2)C[C@@]12CCCO2. The van der Waals surface area contributed by atoms with E-state index in [0.717, 1.165) is 25.6 Å². The predicted molar refractivity (Wildman–Crippen MR) is 71.8 cm³/mol. The van der Waals surface area contributed by atoms with Crippen molar-refractivity contribution in [1.29, 1.82) is 0 Å². The van der Waals surface area contributed by atoms with Gasteiger partial charge in [0.15, 0.2) is 0 Å². The number of hydrogen-bond donors (Lipinski definition) is 0. The van der Waals surface area contributed by atoms with Gasteiger partial charge in [-0.1, -0.05) is 19.3 Å². The lowest BCUT2D eigenvalue weighted by Gasteiger charge is -2.48. The van der Waals surface area contributed by atoms with E-state index in [2.05, 4.69) is 4.90 Å². The van der Waals surface area contributed by atoms with Crippen molar-refractivity contribution in [1.82, 2.24) is 4.90 Å². The van der Waals surface area contributed by atoms with Crippen LogP contribution in [0.1, 0.15) is 51.4 Å². The van der Waals surface area contributed by atoms with E-state index < -0.39 is 0 Å². The van der Waals surface area contributed by atoms with E-state index >= 15 is 0 Å². The van der Waals surface area contributed by atoms with Crippen LogP contribution in [-0.2, 0) is 9.47 Å². The van der Waals surface area contributed by atoms with Gasteiger partial charge in [-0.15, -0.1) is 0 Å². The molecule has 18 heavy (non-hydrogen) atoms. The number of likely N-dealkylation sites (tertiary alicyclic amines) is 1. The van der Waals surface area contributed by atoms with Gasteiger partial charge in [0.05, 0.1) is 6.10 Å². The first-order valence-corrected chi connectivity index (χ1v) is 7.75. The van der Waals surface area contributed by atoms with Crippen molar-refractivity contribution < 1.29 is 9.47 Å². The molecule has 2 heterocycles. The molecule has 0 bridgehead atoms. The van der Waals surface area contributed by atoms with Crippen LogP contribution in [0, 0.1) is 0 Å². The highest BCUT2D eigenvalue weighted by Gasteiger charge is 2.48. The summed E-state index contributed by atoms with van der Waals surface area (Å²) in [7, 11) is 1.85. The smallest absolute Gasteiger partial charge is 0.107 e.